The fraction of sp³-hybridized carbons (Fsp3) is 0.333. The quantitative estimate of drug-likeness (QED) is 0.859. The molecule has 1 heterocycles. The molecule has 0 N–H and O–H groups in total. The Morgan fingerprint density at radius 3 is 2.60 bits per heavy atom. The molecule has 0 atom stereocenters. The Hall–Kier alpha value is -1.62. The van der Waals surface area contributed by atoms with E-state index < -0.39 is 0 Å². The molecule has 0 spiro atoms. The highest BCUT2D eigenvalue weighted by molar-refractivity contribution is 9.10. The maximum Gasteiger partial charge on any atom is 0.253 e. The van der Waals surface area contributed by atoms with Gasteiger partial charge in [0.15, 0.2) is 0 Å². The Labute approximate surface area is 126 Å². The second-order valence-corrected chi connectivity index (χ2v) is 5.78. The lowest BCUT2D eigenvalue weighted by atomic mass is 10.1. The molecule has 5 heteroatoms. The third-order valence-electron chi connectivity index (χ3n) is 3.34. The first-order valence-corrected chi connectivity index (χ1v) is 7.13. The first-order chi connectivity index (χ1) is 9.40. The van der Waals surface area contributed by atoms with Crippen molar-refractivity contribution < 1.29 is 9.32 Å². The highest BCUT2D eigenvalue weighted by Crippen LogP contribution is 2.20. The van der Waals surface area contributed by atoms with Crippen LogP contribution >= 0.6 is 15.9 Å². The van der Waals surface area contributed by atoms with E-state index in [4.69, 9.17) is 4.52 Å². The highest BCUT2D eigenvalue weighted by atomic mass is 79.9. The van der Waals surface area contributed by atoms with Crippen LogP contribution < -0.4 is 0 Å². The average Bonchev–Trinajstić information content (AvgIpc) is 2.72. The molecule has 4 nitrogen and oxygen atoms in total. The number of benzene rings is 1. The van der Waals surface area contributed by atoms with E-state index in [2.05, 4.69) is 21.1 Å². The summed E-state index contributed by atoms with van der Waals surface area (Å²) in [5.74, 6) is 0.734. The van der Waals surface area contributed by atoms with E-state index >= 15 is 0 Å². The van der Waals surface area contributed by atoms with E-state index in [-0.39, 0.29) is 5.91 Å². The zero-order valence-corrected chi connectivity index (χ0v) is 13.6. The van der Waals surface area contributed by atoms with Crippen LogP contribution in [-0.2, 0) is 6.54 Å². The number of carbonyl (C=O) groups excluding carboxylic acids is 1. The van der Waals surface area contributed by atoms with Crippen LogP contribution in [0.5, 0.6) is 0 Å². The van der Waals surface area contributed by atoms with Gasteiger partial charge in [-0.15, -0.1) is 0 Å². The monoisotopic (exact) mass is 336 g/mol. The van der Waals surface area contributed by atoms with Crippen LogP contribution in [-0.4, -0.2) is 23.0 Å². The summed E-state index contributed by atoms with van der Waals surface area (Å²) in [6.07, 6.45) is 0. The summed E-state index contributed by atoms with van der Waals surface area (Å²) in [7, 11) is 1.78. The third kappa shape index (κ3) is 2.93. The summed E-state index contributed by atoms with van der Waals surface area (Å²) in [6.45, 7) is 6.22. The zero-order valence-electron chi connectivity index (χ0n) is 12.0. The van der Waals surface area contributed by atoms with Gasteiger partial charge in [-0.25, -0.2) is 0 Å². The molecule has 106 valence electrons. The number of amides is 1. The fourth-order valence-corrected chi connectivity index (χ4v) is 2.36. The molecule has 0 radical (unpaired) electrons. The summed E-state index contributed by atoms with van der Waals surface area (Å²) in [5.41, 5.74) is 3.56. The molecule has 0 bridgehead atoms. The van der Waals surface area contributed by atoms with Crippen LogP contribution in [0.15, 0.2) is 27.2 Å². The first-order valence-electron chi connectivity index (χ1n) is 6.33. The van der Waals surface area contributed by atoms with Gasteiger partial charge in [0.2, 0.25) is 0 Å². The van der Waals surface area contributed by atoms with Crippen LogP contribution in [0.4, 0.5) is 0 Å². The lowest BCUT2D eigenvalue weighted by Gasteiger charge is -2.17. The fourth-order valence-electron chi connectivity index (χ4n) is 1.98. The van der Waals surface area contributed by atoms with Crippen molar-refractivity contribution in [3.63, 3.8) is 0 Å². The van der Waals surface area contributed by atoms with Gasteiger partial charge in [0.05, 0.1) is 12.2 Å². The first kappa shape index (κ1) is 14.8. The lowest BCUT2D eigenvalue weighted by Crippen LogP contribution is -2.26. The molecule has 20 heavy (non-hydrogen) atoms. The van der Waals surface area contributed by atoms with Crippen LogP contribution in [0, 0.1) is 20.8 Å². The average molecular weight is 337 g/mol. The molecule has 0 aliphatic heterocycles. The molecule has 1 aromatic carbocycles. The molecule has 0 unspecified atom stereocenters. The van der Waals surface area contributed by atoms with Crippen molar-refractivity contribution in [1.82, 2.24) is 10.1 Å². The van der Waals surface area contributed by atoms with Gasteiger partial charge in [0, 0.05) is 22.6 Å². The molecule has 0 aliphatic carbocycles. The van der Waals surface area contributed by atoms with Gasteiger partial charge in [-0.1, -0.05) is 27.2 Å². The van der Waals surface area contributed by atoms with Crippen molar-refractivity contribution in [1.29, 1.82) is 0 Å². The standard InChI is InChI=1S/C15H17BrN2O2/c1-9-5-6-12(7-14(9)16)15(19)18(4)8-13-10(2)17-20-11(13)3/h5-7H,8H2,1-4H3. The Morgan fingerprint density at radius 2 is 2.05 bits per heavy atom. The van der Waals surface area contributed by atoms with Gasteiger partial charge in [0.1, 0.15) is 5.76 Å². The molecule has 0 fully saturated rings. The normalized spacial score (nSPS) is 10.7. The molecule has 0 saturated heterocycles. The van der Waals surface area contributed by atoms with Crippen LogP contribution in [0.25, 0.3) is 0 Å². The number of hydrogen-bond donors (Lipinski definition) is 0. The smallest absolute Gasteiger partial charge is 0.253 e. The molecule has 0 aliphatic rings. The topological polar surface area (TPSA) is 46.3 Å². The number of hydrogen-bond acceptors (Lipinski definition) is 3. The van der Waals surface area contributed by atoms with E-state index in [1.54, 1.807) is 11.9 Å². The van der Waals surface area contributed by atoms with E-state index in [0.717, 1.165) is 27.1 Å². The number of carbonyl (C=O) groups is 1. The molecule has 2 rings (SSSR count). The Kier molecular flexibility index (Phi) is 4.28. The predicted molar refractivity (Wildman–Crippen MR) is 80.7 cm³/mol. The SMILES string of the molecule is Cc1ccc(C(=O)N(C)Cc2c(C)noc2C)cc1Br. The minimum Gasteiger partial charge on any atom is -0.361 e. The van der Waals surface area contributed by atoms with Crippen LogP contribution in [0.3, 0.4) is 0 Å². The Balaban J connectivity index is 2.18. The number of halogens is 1. The number of nitrogens with zero attached hydrogens (tertiary/aromatic N) is 2. The van der Waals surface area contributed by atoms with Crippen molar-refractivity contribution in [2.24, 2.45) is 0 Å². The van der Waals surface area contributed by atoms with Crippen molar-refractivity contribution in [3.05, 3.63) is 50.8 Å². The Bertz CT molecular complexity index is 630. The molecule has 1 aromatic heterocycles. The molecule has 2 aromatic rings. The summed E-state index contributed by atoms with van der Waals surface area (Å²) in [6, 6.07) is 5.62. The summed E-state index contributed by atoms with van der Waals surface area (Å²) in [5, 5.41) is 3.91. The van der Waals surface area contributed by atoms with Gasteiger partial charge in [-0.05, 0) is 38.5 Å². The largest absolute Gasteiger partial charge is 0.361 e. The molecule has 1 amide bonds. The Morgan fingerprint density at radius 1 is 1.35 bits per heavy atom. The summed E-state index contributed by atoms with van der Waals surface area (Å²) >= 11 is 3.45. The van der Waals surface area contributed by atoms with Crippen LogP contribution in [0.1, 0.15) is 32.9 Å². The minimum absolute atomic E-state index is 0.0225. The van der Waals surface area contributed by atoms with Crippen LogP contribution in [0.2, 0.25) is 0 Å². The summed E-state index contributed by atoms with van der Waals surface area (Å²) < 4.78 is 6.06. The number of aromatic nitrogens is 1. The lowest BCUT2D eigenvalue weighted by molar-refractivity contribution is 0.0784. The van der Waals surface area contributed by atoms with Gasteiger partial charge in [0.25, 0.3) is 5.91 Å². The predicted octanol–water partition coefficient (Wildman–Crippen LogP) is 3.63. The van der Waals surface area contributed by atoms with Gasteiger partial charge in [-0.2, -0.15) is 0 Å². The van der Waals surface area contributed by atoms with Crippen molar-refractivity contribution in [3.8, 4) is 0 Å². The number of aryl methyl sites for hydroxylation is 3. The van der Waals surface area contributed by atoms with E-state index in [1.165, 1.54) is 0 Å². The minimum atomic E-state index is -0.0225. The van der Waals surface area contributed by atoms with E-state index in [9.17, 15) is 4.79 Å². The second kappa shape index (κ2) is 5.79. The molecular weight excluding hydrogens is 320 g/mol. The maximum atomic E-state index is 12.4. The third-order valence-corrected chi connectivity index (χ3v) is 4.20. The molecule has 0 saturated carbocycles. The van der Waals surface area contributed by atoms with Gasteiger partial charge < -0.3 is 9.42 Å². The second-order valence-electron chi connectivity index (χ2n) is 4.93. The maximum absolute atomic E-state index is 12.4. The number of rotatable bonds is 3. The van der Waals surface area contributed by atoms with E-state index in [0.29, 0.717) is 12.1 Å². The van der Waals surface area contributed by atoms with Crippen molar-refractivity contribution in [2.45, 2.75) is 27.3 Å². The van der Waals surface area contributed by atoms with Crippen molar-refractivity contribution >= 4 is 21.8 Å². The zero-order chi connectivity index (χ0) is 14.9. The van der Waals surface area contributed by atoms with Crippen molar-refractivity contribution in [2.75, 3.05) is 7.05 Å². The summed E-state index contributed by atoms with van der Waals surface area (Å²) in [4.78, 5) is 14.1. The van der Waals surface area contributed by atoms with E-state index in [1.807, 2.05) is 39.0 Å². The molecular formula is C15H17BrN2O2. The highest BCUT2D eigenvalue weighted by Gasteiger charge is 2.17. The van der Waals surface area contributed by atoms with Gasteiger partial charge >= 0.3 is 0 Å². The van der Waals surface area contributed by atoms with Gasteiger partial charge in [-0.3, -0.25) is 4.79 Å².